The molecule has 0 saturated heterocycles. The maximum atomic E-state index is 12.4. The van der Waals surface area contributed by atoms with Crippen LogP contribution in [0, 0.1) is 0 Å². The smallest absolute Gasteiger partial charge is 0.325 e. The summed E-state index contributed by atoms with van der Waals surface area (Å²) in [6, 6.07) is 3.00. The lowest BCUT2D eigenvalue weighted by molar-refractivity contribution is -0.141. The van der Waals surface area contributed by atoms with Crippen molar-refractivity contribution in [2.75, 3.05) is 34.4 Å². The molecule has 0 aliphatic heterocycles. The molecule has 6 nitrogen and oxygen atoms in total. The van der Waals surface area contributed by atoms with Gasteiger partial charge in [-0.15, -0.1) is 0 Å². The number of ether oxygens (including phenoxy) is 3. The molecule has 7 heteroatoms. The van der Waals surface area contributed by atoms with E-state index in [0.29, 0.717) is 23.6 Å². The van der Waals surface area contributed by atoms with Gasteiger partial charge in [-0.25, -0.2) is 0 Å². The molecule has 0 atom stereocenters. The maximum absolute atomic E-state index is 12.4. The number of hydrogen-bond donors (Lipinski definition) is 0. The lowest BCUT2D eigenvalue weighted by Crippen LogP contribution is -2.36. The van der Waals surface area contributed by atoms with Crippen molar-refractivity contribution < 1.29 is 23.8 Å². The molecule has 1 amide bonds. The second-order valence-electron chi connectivity index (χ2n) is 4.09. The first-order valence-corrected chi connectivity index (χ1v) is 6.63. The molecule has 0 unspecified atom stereocenters. The highest BCUT2D eigenvalue weighted by Crippen LogP contribution is 2.36. The van der Waals surface area contributed by atoms with Gasteiger partial charge in [-0.1, -0.05) is 11.6 Å². The Kier molecular flexibility index (Phi) is 6.30. The highest BCUT2D eigenvalue weighted by Gasteiger charge is 2.21. The first-order chi connectivity index (χ1) is 9.98. The van der Waals surface area contributed by atoms with E-state index in [2.05, 4.69) is 4.74 Å². The number of rotatable bonds is 6. The van der Waals surface area contributed by atoms with E-state index in [1.54, 1.807) is 6.92 Å². The van der Waals surface area contributed by atoms with Crippen molar-refractivity contribution in [3.05, 3.63) is 22.7 Å². The number of carbonyl (C=O) groups is 2. The fourth-order valence-electron chi connectivity index (χ4n) is 1.77. The van der Waals surface area contributed by atoms with Crippen LogP contribution in [0.4, 0.5) is 0 Å². The zero-order valence-corrected chi connectivity index (χ0v) is 13.2. The third-order valence-electron chi connectivity index (χ3n) is 2.90. The van der Waals surface area contributed by atoms with Crippen LogP contribution in [0.2, 0.25) is 5.02 Å². The summed E-state index contributed by atoms with van der Waals surface area (Å²) >= 11 is 6.07. The highest BCUT2D eigenvalue weighted by atomic mass is 35.5. The Morgan fingerprint density at radius 1 is 1.19 bits per heavy atom. The molecule has 0 spiro atoms. The molecule has 1 rings (SSSR count). The van der Waals surface area contributed by atoms with E-state index in [1.165, 1.54) is 38.4 Å². The monoisotopic (exact) mass is 315 g/mol. The Hall–Kier alpha value is -1.95. The second kappa shape index (κ2) is 7.73. The Labute approximate surface area is 128 Å². The summed E-state index contributed by atoms with van der Waals surface area (Å²) < 4.78 is 14.8. The van der Waals surface area contributed by atoms with Gasteiger partial charge in [-0.05, 0) is 19.1 Å². The first-order valence-electron chi connectivity index (χ1n) is 6.26. The zero-order valence-electron chi connectivity index (χ0n) is 12.4. The van der Waals surface area contributed by atoms with Crippen LogP contribution in [0.1, 0.15) is 17.3 Å². The van der Waals surface area contributed by atoms with Gasteiger partial charge in [0.25, 0.3) is 5.91 Å². The summed E-state index contributed by atoms with van der Waals surface area (Å²) in [5.41, 5.74) is 0.309. The van der Waals surface area contributed by atoms with Gasteiger partial charge in [0.1, 0.15) is 6.54 Å². The average molecular weight is 316 g/mol. The van der Waals surface area contributed by atoms with Crippen LogP contribution in [0.3, 0.4) is 0 Å². The van der Waals surface area contributed by atoms with Gasteiger partial charge in [-0.3, -0.25) is 9.59 Å². The molecule has 116 valence electrons. The van der Waals surface area contributed by atoms with Crippen LogP contribution >= 0.6 is 11.6 Å². The molecular formula is C14H18ClNO5. The molecule has 0 bridgehead atoms. The molecule has 0 N–H and O–H groups in total. The second-order valence-corrected chi connectivity index (χ2v) is 4.50. The SMILES string of the molecule is CCN(CC(=O)OC)C(=O)c1cc(Cl)c(OC)c(OC)c1. The van der Waals surface area contributed by atoms with E-state index in [-0.39, 0.29) is 17.5 Å². The van der Waals surface area contributed by atoms with Crippen molar-refractivity contribution >= 4 is 23.5 Å². The van der Waals surface area contributed by atoms with Crippen LogP contribution in [0.15, 0.2) is 12.1 Å². The highest BCUT2D eigenvalue weighted by molar-refractivity contribution is 6.32. The summed E-state index contributed by atoms with van der Waals surface area (Å²) in [4.78, 5) is 25.1. The van der Waals surface area contributed by atoms with E-state index in [4.69, 9.17) is 21.1 Å². The average Bonchev–Trinajstić information content (AvgIpc) is 2.50. The number of benzene rings is 1. The largest absolute Gasteiger partial charge is 0.493 e. The van der Waals surface area contributed by atoms with Crippen molar-refractivity contribution in [3.63, 3.8) is 0 Å². The summed E-state index contributed by atoms with van der Waals surface area (Å²) in [5.74, 6) is -0.128. The number of hydrogen-bond acceptors (Lipinski definition) is 5. The van der Waals surface area contributed by atoms with Gasteiger partial charge in [-0.2, -0.15) is 0 Å². The lowest BCUT2D eigenvalue weighted by atomic mass is 10.1. The van der Waals surface area contributed by atoms with Crippen LogP contribution < -0.4 is 9.47 Å². The normalized spacial score (nSPS) is 9.95. The van der Waals surface area contributed by atoms with Gasteiger partial charge < -0.3 is 19.1 Å². The van der Waals surface area contributed by atoms with Crippen LogP contribution in [0.25, 0.3) is 0 Å². The Bertz CT molecular complexity index is 532. The zero-order chi connectivity index (χ0) is 16.0. The van der Waals surface area contributed by atoms with E-state index in [0.717, 1.165) is 0 Å². The predicted molar refractivity (Wildman–Crippen MR) is 78.1 cm³/mol. The number of likely N-dealkylation sites (N-methyl/N-ethyl adjacent to an activating group) is 1. The summed E-state index contributed by atoms with van der Waals surface area (Å²) in [6.45, 7) is 2.00. The van der Waals surface area contributed by atoms with E-state index < -0.39 is 5.97 Å². The van der Waals surface area contributed by atoms with Gasteiger partial charge in [0.2, 0.25) is 0 Å². The van der Waals surface area contributed by atoms with Crippen molar-refractivity contribution in [1.29, 1.82) is 0 Å². The lowest BCUT2D eigenvalue weighted by Gasteiger charge is -2.20. The van der Waals surface area contributed by atoms with Crippen molar-refractivity contribution in [1.82, 2.24) is 4.90 Å². The number of esters is 1. The number of methoxy groups -OCH3 is 3. The number of halogens is 1. The molecule has 0 fully saturated rings. The molecule has 0 radical (unpaired) electrons. The van der Waals surface area contributed by atoms with Gasteiger partial charge in [0, 0.05) is 12.1 Å². The van der Waals surface area contributed by atoms with Gasteiger partial charge in [0.05, 0.1) is 26.4 Å². The Morgan fingerprint density at radius 3 is 2.33 bits per heavy atom. The summed E-state index contributed by atoms with van der Waals surface area (Å²) in [7, 11) is 4.18. The fraction of sp³-hybridized carbons (Fsp3) is 0.429. The topological polar surface area (TPSA) is 65.1 Å². The minimum atomic E-state index is -0.489. The van der Waals surface area contributed by atoms with Crippen molar-refractivity contribution in [2.24, 2.45) is 0 Å². The Balaban J connectivity index is 3.11. The minimum Gasteiger partial charge on any atom is -0.493 e. The quantitative estimate of drug-likeness (QED) is 0.751. The van der Waals surface area contributed by atoms with E-state index >= 15 is 0 Å². The molecule has 21 heavy (non-hydrogen) atoms. The Morgan fingerprint density at radius 2 is 1.86 bits per heavy atom. The van der Waals surface area contributed by atoms with Crippen LogP contribution in [-0.4, -0.2) is 51.2 Å². The predicted octanol–water partition coefficient (Wildman–Crippen LogP) is 1.99. The first kappa shape index (κ1) is 17.1. The molecule has 1 aromatic carbocycles. The van der Waals surface area contributed by atoms with Crippen molar-refractivity contribution in [3.8, 4) is 11.5 Å². The van der Waals surface area contributed by atoms with Gasteiger partial charge in [0.15, 0.2) is 11.5 Å². The molecule has 1 aromatic rings. The van der Waals surface area contributed by atoms with Crippen LogP contribution in [-0.2, 0) is 9.53 Å². The summed E-state index contributed by atoms with van der Waals surface area (Å²) in [6.07, 6.45) is 0. The number of amides is 1. The standard InChI is InChI=1S/C14H18ClNO5/c1-5-16(8-12(17)20-3)14(18)9-6-10(15)13(21-4)11(7-9)19-2/h6-7H,5,8H2,1-4H3. The van der Waals surface area contributed by atoms with E-state index in [1.807, 2.05) is 0 Å². The number of nitrogens with zero attached hydrogens (tertiary/aromatic N) is 1. The fourth-order valence-corrected chi connectivity index (χ4v) is 2.06. The molecule has 0 aliphatic carbocycles. The minimum absolute atomic E-state index is 0.127. The molecule has 0 saturated carbocycles. The van der Waals surface area contributed by atoms with Crippen molar-refractivity contribution in [2.45, 2.75) is 6.92 Å². The van der Waals surface area contributed by atoms with Gasteiger partial charge >= 0.3 is 5.97 Å². The summed E-state index contributed by atoms with van der Waals surface area (Å²) in [5, 5.41) is 0.259. The van der Waals surface area contributed by atoms with E-state index in [9.17, 15) is 9.59 Å². The van der Waals surface area contributed by atoms with Crippen LogP contribution in [0.5, 0.6) is 11.5 Å². The molecule has 0 aromatic heterocycles. The molecular weight excluding hydrogens is 298 g/mol. The maximum Gasteiger partial charge on any atom is 0.325 e. The number of carbonyl (C=O) groups excluding carboxylic acids is 2. The third-order valence-corrected chi connectivity index (χ3v) is 3.18. The molecule has 0 heterocycles. The third kappa shape index (κ3) is 4.01. The molecule has 0 aliphatic rings.